The quantitative estimate of drug-likeness (QED) is 0.796. The van der Waals surface area contributed by atoms with Gasteiger partial charge in [0.15, 0.2) is 0 Å². The molecule has 1 aliphatic heterocycles. The number of anilines is 1. The van der Waals surface area contributed by atoms with Crippen molar-refractivity contribution >= 4 is 16.5 Å². The fraction of sp³-hybridized carbons (Fsp3) is 0.800. The largest absolute Gasteiger partial charge is 0.388 e. The van der Waals surface area contributed by atoms with Crippen LogP contribution < -0.4 is 5.73 Å². The van der Waals surface area contributed by atoms with Gasteiger partial charge in [0.25, 0.3) is 0 Å². The second-order valence-electron chi connectivity index (χ2n) is 4.59. The van der Waals surface area contributed by atoms with Gasteiger partial charge in [-0.25, -0.2) is 0 Å². The maximum atomic E-state index is 10.4. The number of nitrogens with zero attached hydrogens (tertiary/aromatic N) is 3. The molecule has 0 spiro atoms. The van der Waals surface area contributed by atoms with Crippen LogP contribution in [0.15, 0.2) is 0 Å². The summed E-state index contributed by atoms with van der Waals surface area (Å²) < 4.78 is 9.05. The van der Waals surface area contributed by atoms with Gasteiger partial charge in [-0.15, -0.1) is 5.10 Å². The van der Waals surface area contributed by atoms with Crippen molar-refractivity contribution in [2.75, 3.05) is 32.5 Å². The highest BCUT2D eigenvalue weighted by Crippen LogP contribution is 2.22. The van der Waals surface area contributed by atoms with E-state index in [0.29, 0.717) is 44.1 Å². The van der Waals surface area contributed by atoms with Gasteiger partial charge in [0.2, 0.25) is 0 Å². The number of aliphatic hydroxyl groups is 1. The molecule has 7 heteroatoms. The molecule has 3 N–H and O–H groups in total. The molecule has 0 atom stereocenters. The minimum Gasteiger partial charge on any atom is -0.388 e. The Kier molecular flexibility index (Phi) is 3.93. The molecule has 2 heterocycles. The van der Waals surface area contributed by atoms with E-state index in [4.69, 9.17) is 10.5 Å². The van der Waals surface area contributed by atoms with Crippen LogP contribution in [0.2, 0.25) is 0 Å². The third-order valence-corrected chi connectivity index (χ3v) is 3.59. The highest BCUT2D eigenvalue weighted by atomic mass is 32.1. The van der Waals surface area contributed by atoms with Gasteiger partial charge in [0.1, 0.15) is 10.7 Å². The van der Waals surface area contributed by atoms with Gasteiger partial charge in [0.05, 0.1) is 5.60 Å². The molecule has 6 nitrogen and oxygen atoms in total. The fourth-order valence-electron chi connectivity index (χ4n) is 2.05. The van der Waals surface area contributed by atoms with E-state index in [-0.39, 0.29) is 0 Å². The molecule has 0 aromatic carbocycles. The second kappa shape index (κ2) is 5.26. The Morgan fingerprint density at radius 1 is 1.53 bits per heavy atom. The van der Waals surface area contributed by atoms with Gasteiger partial charge < -0.3 is 15.6 Å². The van der Waals surface area contributed by atoms with E-state index >= 15 is 0 Å². The van der Waals surface area contributed by atoms with Gasteiger partial charge in [-0.05, 0) is 7.05 Å². The molecule has 1 aromatic rings. The van der Waals surface area contributed by atoms with Gasteiger partial charge in [-0.3, -0.25) is 4.90 Å². The van der Waals surface area contributed by atoms with E-state index in [0.717, 1.165) is 5.69 Å². The van der Waals surface area contributed by atoms with Gasteiger partial charge in [-0.2, -0.15) is 0 Å². The van der Waals surface area contributed by atoms with E-state index < -0.39 is 5.60 Å². The molecular weight excluding hydrogens is 240 g/mol. The summed E-state index contributed by atoms with van der Waals surface area (Å²) >= 11 is 1.20. The highest BCUT2D eigenvalue weighted by molar-refractivity contribution is 7.09. The molecule has 1 fully saturated rings. The Hall–Kier alpha value is -0.760. The summed E-state index contributed by atoms with van der Waals surface area (Å²) in [6, 6.07) is 0. The maximum absolute atomic E-state index is 10.4. The predicted molar refractivity (Wildman–Crippen MR) is 65.7 cm³/mol. The summed E-state index contributed by atoms with van der Waals surface area (Å²) in [5, 5.41) is 15.0. The number of hydrogen-bond donors (Lipinski definition) is 2. The molecular formula is C10H18N4O2S. The summed E-state index contributed by atoms with van der Waals surface area (Å²) in [5.41, 5.74) is 5.88. The van der Waals surface area contributed by atoms with E-state index in [1.807, 2.05) is 11.9 Å². The van der Waals surface area contributed by atoms with Crippen molar-refractivity contribution in [1.29, 1.82) is 0 Å². The van der Waals surface area contributed by atoms with Crippen molar-refractivity contribution in [2.45, 2.75) is 25.0 Å². The summed E-state index contributed by atoms with van der Waals surface area (Å²) in [6.07, 6.45) is 1.37. The molecule has 96 valence electrons. The molecule has 1 aromatic heterocycles. The summed E-state index contributed by atoms with van der Waals surface area (Å²) in [5.74, 6) is 0. The first kappa shape index (κ1) is 12.7. The van der Waals surface area contributed by atoms with Gasteiger partial charge in [-0.1, -0.05) is 4.49 Å². The Labute approximate surface area is 105 Å². The number of nitrogen functional groups attached to an aromatic ring is 1. The van der Waals surface area contributed by atoms with E-state index in [9.17, 15) is 5.11 Å². The molecule has 0 unspecified atom stereocenters. The zero-order chi connectivity index (χ0) is 12.3. The van der Waals surface area contributed by atoms with E-state index in [1.165, 1.54) is 11.5 Å². The first-order valence-electron chi connectivity index (χ1n) is 5.64. The SMILES string of the molecule is CN(Cc1nnsc1N)CC1(O)CCOCC1. The van der Waals surface area contributed by atoms with Crippen molar-refractivity contribution in [3.8, 4) is 0 Å². The van der Waals surface area contributed by atoms with Crippen LogP contribution in [0, 0.1) is 0 Å². The number of nitrogens with two attached hydrogens (primary N) is 1. The molecule has 0 bridgehead atoms. The molecule has 1 saturated heterocycles. The van der Waals surface area contributed by atoms with Crippen molar-refractivity contribution < 1.29 is 9.84 Å². The Bertz CT molecular complexity index is 365. The van der Waals surface area contributed by atoms with Gasteiger partial charge >= 0.3 is 0 Å². The van der Waals surface area contributed by atoms with Crippen LogP contribution in [-0.2, 0) is 11.3 Å². The van der Waals surface area contributed by atoms with Crippen molar-refractivity contribution in [3.05, 3.63) is 5.69 Å². The molecule has 0 aliphatic carbocycles. The lowest BCUT2D eigenvalue weighted by Crippen LogP contribution is -2.45. The van der Waals surface area contributed by atoms with Crippen LogP contribution >= 0.6 is 11.5 Å². The minimum absolute atomic E-state index is 0.604. The lowest BCUT2D eigenvalue weighted by Gasteiger charge is -2.35. The van der Waals surface area contributed by atoms with Crippen LogP contribution in [0.1, 0.15) is 18.5 Å². The molecule has 2 rings (SSSR count). The van der Waals surface area contributed by atoms with Crippen LogP contribution in [0.25, 0.3) is 0 Å². The number of likely N-dealkylation sites (N-methyl/N-ethyl adjacent to an activating group) is 1. The highest BCUT2D eigenvalue weighted by Gasteiger charge is 2.31. The predicted octanol–water partition coefficient (Wildman–Crippen LogP) is 0.0936. The third kappa shape index (κ3) is 3.35. The van der Waals surface area contributed by atoms with Crippen molar-refractivity contribution in [3.63, 3.8) is 0 Å². The van der Waals surface area contributed by atoms with Gasteiger partial charge in [0, 0.05) is 50.7 Å². The van der Waals surface area contributed by atoms with Crippen LogP contribution in [-0.4, -0.2) is 52.0 Å². The van der Waals surface area contributed by atoms with Crippen LogP contribution in [0.5, 0.6) is 0 Å². The fourth-order valence-corrected chi connectivity index (χ4v) is 2.49. The molecule has 0 amide bonds. The average molecular weight is 258 g/mol. The van der Waals surface area contributed by atoms with Crippen molar-refractivity contribution in [1.82, 2.24) is 14.5 Å². The lowest BCUT2D eigenvalue weighted by atomic mass is 9.94. The molecule has 0 radical (unpaired) electrons. The number of ether oxygens (including phenoxy) is 1. The van der Waals surface area contributed by atoms with Crippen LogP contribution in [0.4, 0.5) is 5.00 Å². The van der Waals surface area contributed by atoms with E-state index in [2.05, 4.69) is 9.59 Å². The number of hydrogen-bond acceptors (Lipinski definition) is 7. The third-order valence-electron chi connectivity index (χ3n) is 2.99. The number of rotatable bonds is 4. The number of aromatic nitrogens is 2. The lowest BCUT2D eigenvalue weighted by molar-refractivity contribution is -0.0778. The monoisotopic (exact) mass is 258 g/mol. The molecule has 1 aliphatic rings. The standard InChI is InChI=1S/C10H18N4O2S/c1-14(6-8-9(11)17-13-12-8)7-10(15)2-4-16-5-3-10/h15H,2-7,11H2,1H3. The maximum Gasteiger partial charge on any atom is 0.132 e. The molecule has 0 saturated carbocycles. The average Bonchev–Trinajstić information content (AvgIpc) is 2.64. The zero-order valence-corrected chi connectivity index (χ0v) is 10.7. The van der Waals surface area contributed by atoms with E-state index in [1.54, 1.807) is 0 Å². The minimum atomic E-state index is -0.648. The topological polar surface area (TPSA) is 84.5 Å². The summed E-state index contributed by atoms with van der Waals surface area (Å²) in [4.78, 5) is 2.03. The van der Waals surface area contributed by atoms with Crippen molar-refractivity contribution in [2.24, 2.45) is 0 Å². The second-order valence-corrected chi connectivity index (χ2v) is 5.38. The Balaban J connectivity index is 1.88. The summed E-state index contributed by atoms with van der Waals surface area (Å²) in [6.45, 7) is 2.48. The Morgan fingerprint density at radius 2 is 2.24 bits per heavy atom. The molecule has 17 heavy (non-hydrogen) atoms. The first-order valence-corrected chi connectivity index (χ1v) is 6.42. The Morgan fingerprint density at radius 3 is 2.82 bits per heavy atom. The zero-order valence-electron chi connectivity index (χ0n) is 9.93. The first-order chi connectivity index (χ1) is 8.09. The normalized spacial score (nSPS) is 19.7. The summed E-state index contributed by atoms with van der Waals surface area (Å²) in [7, 11) is 1.95. The van der Waals surface area contributed by atoms with Crippen LogP contribution in [0.3, 0.4) is 0 Å². The smallest absolute Gasteiger partial charge is 0.132 e.